The zero-order chi connectivity index (χ0) is 11.4. The first-order chi connectivity index (χ1) is 7.81. The molecule has 1 aromatic rings. The Bertz CT molecular complexity index is 315. The second-order valence-electron chi connectivity index (χ2n) is 5.00. The fourth-order valence-electron chi connectivity index (χ4n) is 2.21. The Morgan fingerprint density at radius 1 is 1.56 bits per heavy atom. The Morgan fingerprint density at radius 2 is 2.38 bits per heavy atom. The first kappa shape index (κ1) is 11.6. The van der Waals surface area contributed by atoms with Gasteiger partial charge in [0.1, 0.15) is 0 Å². The molecular formula is C13H23N3. The Balaban J connectivity index is 1.88. The maximum atomic E-state index is 4.27. The minimum atomic E-state index is 0.605. The van der Waals surface area contributed by atoms with E-state index in [0.717, 1.165) is 19.0 Å². The van der Waals surface area contributed by atoms with Crippen LogP contribution in [0.25, 0.3) is 0 Å². The Morgan fingerprint density at radius 3 is 3.06 bits per heavy atom. The van der Waals surface area contributed by atoms with Crippen LogP contribution in [0.3, 0.4) is 0 Å². The molecular weight excluding hydrogens is 198 g/mol. The van der Waals surface area contributed by atoms with Crippen LogP contribution in [0.5, 0.6) is 0 Å². The molecule has 1 heterocycles. The molecule has 1 aliphatic carbocycles. The van der Waals surface area contributed by atoms with Gasteiger partial charge in [0.05, 0.1) is 12.0 Å². The van der Waals surface area contributed by atoms with Crippen molar-refractivity contribution in [1.29, 1.82) is 0 Å². The highest BCUT2D eigenvalue weighted by Gasteiger charge is 2.24. The van der Waals surface area contributed by atoms with E-state index in [-0.39, 0.29) is 0 Å². The third-order valence-corrected chi connectivity index (χ3v) is 3.33. The molecule has 1 atom stereocenters. The summed E-state index contributed by atoms with van der Waals surface area (Å²) in [6.07, 6.45) is 9.34. The quantitative estimate of drug-likeness (QED) is 0.717. The monoisotopic (exact) mass is 221 g/mol. The Labute approximate surface area is 98.3 Å². The first-order valence-corrected chi connectivity index (χ1v) is 6.52. The largest absolute Gasteiger partial charge is 0.331 e. The van der Waals surface area contributed by atoms with Crippen molar-refractivity contribution in [2.24, 2.45) is 5.92 Å². The van der Waals surface area contributed by atoms with E-state index in [9.17, 15) is 0 Å². The highest BCUT2D eigenvalue weighted by Crippen LogP contribution is 2.36. The van der Waals surface area contributed by atoms with Gasteiger partial charge in [-0.3, -0.25) is 0 Å². The van der Waals surface area contributed by atoms with Crippen molar-refractivity contribution in [3.05, 3.63) is 18.2 Å². The number of nitrogens with one attached hydrogen (secondary N) is 1. The van der Waals surface area contributed by atoms with Crippen LogP contribution in [0.2, 0.25) is 0 Å². The summed E-state index contributed by atoms with van der Waals surface area (Å²) in [6.45, 7) is 6.54. The van der Waals surface area contributed by atoms with Gasteiger partial charge in [0, 0.05) is 18.8 Å². The predicted molar refractivity (Wildman–Crippen MR) is 66.3 cm³/mol. The third-order valence-electron chi connectivity index (χ3n) is 3.33. The van der Waals surface area contributed by atoms with E-state index < -0.39 is 0 Å². The average Bonchev–Trinajstić information content (AvgIpc) is 2.95. The molecule has 0 aliphatic heterocycles. The lowest BCUT2D eigenvalue weighted by Crippen LogP contribution is -2.18. The minimum absolute atomic E-state index is 0.605. The number of nitrogens with zero attached hydrogens (tertiary/aromatic N) is 2. The predicted octanol–water partition coefficient (Wildman–Crippen LogP) is 2.74. The van der Waals surface area contributed by atoms with E-state index in [1.807, 2.05) is 12.5 Å². The topological polar surface area (TPSA) is 29.9 Å². The van der Waals surface area contributed by atoms with Gasteiger partial charge in [-0.25, -0.2) is 4.98 Å². The summed E-state index contributed by atoms with van der Waals surface area (Å²) in [5, 5.41) is 3.44. The smallest absolute Gasteiger partial charge is 0.0951 e. The van der Waals surface area contributed by atoms with E-state index in [2.05, 4.69) is 28.7 Å². The van der Waals surface area contributed by atoms with Gasteiger partial charge in [-0.05, 0) is 32.2 Å². The van der Waals surface area contributed by atoms with E-state index in [1.165, 1.54) is 31.4 Å². The summed E-state index contributed by atoms with van der Waals surface area (Å²) < 4.78 is 2.33. The number of imidazole rings is 1. The fraction of sp³-hybridized carbons (Fsp3) is 0.769. The van der Waals surface area contributed by atoms with Crippen LogP contribution in [-0.2, 0) is 6.54 Å². The van der Waals surface area contributed by atoms with Crippen LogP contribution in [-0.4, -0.2) is 16.1 Å². The summed E-state index contributed by atoms with van der Waals surface area (Å²) in [7, 11) is 0. The zero-order valence-electron chi connectivity index (χ0n) is 10.4. The molecule has 1 unspecified atom stereocenters. The summed E-state index contributed by atoms with van der Waals surface area (Å²) in [5.41, 5.74) is 1.32. The molecule has 3 heteroatoms. The van der Waals surface area contributed by atoms with Crippen LogP contribution >= 0.6 is 0 Å². The highest BCUT2D eigenvalue weighted by atomic mass is 15.1. The molecule has 0 bridgehead atoms. The summed E-state index contributed by atoms with van der Waals surface area (Å²) in [6, 6.07) is 0.605. The second-order valence-corrected chi connectivity index (χ2v) is 5.00. The average molecular weight is 221 g/mol. The summed E-state index contributed by atoms with van der Waals surface area (Å²) in [4.78, 5) is 4.27. The molecule has 0 amide bonds. The molecule has 0 saturated heterocycles. The molecule has 0 radical (unpaired) electrons. The molecule has 1 aromatic heterocycles. The molecule has 0 spiro atoms. The fourth-order valence-corrected chi connectivity index (χ4v) is 2.21. The standard InChI is InChI=1S/C13H23N3/c1-3-6-14-8-13-9-15-10-16(13)11(2)7-12-4-5-12/h9-12,14H,3-8H2,1-2H3. The van der Waals surface area contributed by atoms with Crippen molar-refractivity contribution in [3.63, 3.8) is 0 Å². The zero-order valence-corrected chi connectivity index (χ0v) is 10.4. The van der Waals surface area contributed by atoms with Gasteiger partial charge in [-0.2, -0.15) is 0 Å². The maximum Gasteiger partial charge on any atom is 0.0951 e. The third kappa shape index (κ3) is 3.08. The van der Waals surface area contributed by atoms with Gasteiger partial charge in [0.15, 0.2) is 0 Å². The molecule has 1 aliphatic rings. The van der Waals surface area contributed by atoms with Crippen LogP contribution in [0.1, 0.15) is 51.3 Å². The van der Waals surface area contributed by atoms with Gasteiger partial charge in [0.25, 0.3) is 0 Å². The highest BCUT2D eigenvalue weighted by molar-refractivity contribution is 5.00. The molecule has 1 fully saturated rings. The van der Waals surface area contributed by atoms with Crippen LogP contribution < -0.4 is 5.32 Å². The summed E-state index contributed by atoms with van der Waals surface area (Å²) >= 11 is 0. The number of rotatable bonds is 7. The Hall–Kier alpha value is -0.830. The van der Waals surface area contributed by atoms with Crippen LogP contribution in [0, 0.1) is 5.92 Å². The molecule has 1 N–H and O–H groups in total. The normalized spacial score (nSPS) is 17.6. The SMILES string of the molecule is CCCNCc1cncn1C(C)CC1CC1. The first-order valence-electron chi connectivity index (χ1n) is 6.52. The van der Waals surface area contributed by atoms with Crippen molar-refractivity contribution < 1.29 is 0 Å². The number of aromatic nitrogens is 2. The molecule has 1 saturated carbocycles. The molecule has 2 rings (SSSR count). The number of hydrogen-bond donors (Lipinski definition) is 1. The van der Waals surface area contributed by atoms with Gasteiger partial charge >= 0.3 is 0 Å². The van der Waals surface area contributed by atoms with Crippen molar-refractivity contribution >= 4 is 0 Å². The minimum Gasteiger partial charge on any atom is -0.331 e. The lowest BCUT2D eigenvalue weighted by Gasteiger charge is -2.16. The van der Waals surface area contributed by atoms with Gasteiger partial charge in [-0.15, -0.1) is 0 Å². The lowest BCUT2D eigenvalue weighted by molar-refractivity contribution is 0.457. The van der Waals surface area contributed by atoms with Crippen molar-refractivity contribution in [2.75, 3.05) is 6.54 Å². The number of hydrogen-bond acceptors (Lipinski definition) is 2. The van der Waals surface area contributed by atoms with Crippen molar-refractivity contribution in [3.8, 4) is 0 Å². The van der Waals surface area contributed by atoms with E-state index in [1.54, 1.807) is 0 Å². The van der Waals surface area contributed by atoms with E-state index in [0.29, 0.717) is 6.04 Å². The van der Waals surface area contributed by atoms with Gasteiger partial charge < -0.3 is 9.88 Å². The van der Waals surface area contributed by atoms with Crippen molar-refractivity contribution in [2.45, 2.75) is 52.1 Å². The van der Waals surface area contributed by atoms with E-state index in [4.69, 9.17) is 0 Å². The van der Waals surface area contributed by atoms with Gasteiger partial charge in [-0.1, -0.05) is 19.8 Å². The molecule has 90 valence electrons. The Kier molecular flexibility index (Phi) is 3.99. The summed E-state index contributed by atoms with van der Waals surface area (Å²) in [5.74, 6) is 0.980. The van der Waals surface area contributed by atoms with Crippen LogP contribution in [0.4, 0.5) is 0 Å². The molecule has 16 heavy (non-hydrogen) atoms. The maximum absolute atomic E-state index is 4.27. The van der Waals surface area contributed by atoms with Crippen LogP contribution in [0.15, 0.2) is 12.5 Å². The van der Waals surface area contributed by atoms with Crippen molar-refractivity contribution in [1.82, 2.24) is 14.9 Å². The second kappa shape index (κ2) is 5.48. The molecule has 0 aromatic carbocycles. The molecule has 3 nitrogen and oxygen atoms in total. The van der Waals surface area contributed by atoms with Gasteiger partial charge in [0.2, 0.25) is 0 Å². The lowest BCUT2D eigenvalue weighted by atomic mass is 10.1. The van der Waals surface area contributed by atoms with E-state index >= 15 is 0 Å².